The monoisotopic (exact) mass is 321 g/mol. The molecule has 124 valence electrons. The van der Waals surface area contributed by atoms with Crippen molar-refractivity contribution in [3.05, 3.63) is 29.6 Å². The first kappa shape index (κ1) is 15.8. The second-order valence-corrected chi connectivity index (χ2v) is 7.18. The average molecular weight is 321 g/mol. The van der Waals surface area contributed by atoms with Gasteiger partial charge in [0.05, 0.1) is 18.5 Å². The van der Waals surface area contributed by atoms with E-state index in [1.165, 1.54) is 18.2 Å². The van der Waals surface area contributed by atoms with Gasteiger partial charge in [0.15, 0.2) is 5.78 Å². The lowest BCUT2D eigenvalue weighted by Gasteiger charge is -2.34. The number of rotatable bonds is 0. The van der Waals surface area contributed by atoms with Gasteiger partial charge in [0.1, 0.15) is 22.8 Å². The van der Waals surface area contributed by atoms with Gasteiger partial charge in [-0.05, 0) is 39.0 Å². The van der Waals surface area contributed by atoms with E-state index >= 15 is 0 Å². The van der Waals surface area contributed by atoms with Crippen LogP contribution >= 0.6 is 0 Å². The second-order valence-electron chi connectivity index (χ2n) is 7.18. The predicted octanol–water partition coefficient (Wildman–Crippen LogP) is 3.17. The maximum Gasteiger partial charge on any atom is 0.410 e. The lowest BCUT2D eigenvalue weighted by atomic mass is 9.89. The third-order valence-electron chi connectivity index (χ3n) is 4.02. The minimum absolute atomic E-state index is 0.142. The zero-order valence-electron chi connectivity index (χ0n) is 13.5. The molecule has 1 amide bonds. The van der Waals surface area contributed by atoms with E-state index in [1.54, 1.807) is 4.90 Å². The van der Waals surface area contributed by atoms with Crippen molar-refractivity contribution in [2.24, 2.45) is 0 Å². The average Bonchev–Trinajstić information content (AvgIpc) is 2.82. The molecule has 6 heteroatoms. The van der Waals surface area contributed by atoms with Crippen LogP contribution in [-0.2, 0) is 4.74 Å². The van der Waals surface area contributed by atoms with Crippen LogP contribution in [0.1, 0.15) is 44.0 Å². The Bertz CT molecular complexity index is 667. The molecule has 0 aliphatic carbocycles. The van der Waals surface area contributed by atoms with E-state index in [2.05, 4.69) is 0 Å². The van der Waals surface area contributed by atoms with Gasteiger partial charge in [-0.25, -0.2) is 9.18 Å². The van der Waals surface area contributed by atoms with Gasteiger partial charge in [-0.3, -0.25) is 4.79 Å². The smallest absolute Gasteiger partial charge is 0.410 e. The molecule has 0 saturated carbocycles. The maximum atomic E-state index is 13.3. The molecule has 2 aliphatic rings. The van der Waals surface area contributed by atoms with Crippen molar-refractivity contribution in [3.8, 4) is 5.75 Å². The van der Waals surface area contributed by atoms with E-state index in [-0.39, 0.29) is 17.8 Å². The third kappa shape index (κ3) is 3.16. The number of hydrogen-bond acceptors (Lipinski definition) is 4. The Morgan fingerprint density at radius 2 is 2.13 bits per heavy atom. The number of amides is 1. The predicted molar refractivity (Wildman–Crippen MR) is 81.1 cm³/mol. The Balaban J connectivity index is 1.77. The van der Waals surface area contributed by atoms with Crippen molar-refractivity contribution in [1.82, 2.24) is 4.90 Å². The molecule has 0 radical (unpaired) electrons. The highest BCUT2D eigenvalue weighted by atomic mass is 19.1. The lowest BCUT2D eigenvalue weighted by molar-refractivity contribution is 0.0171. The van der Waals surface area contributed by atoms with Crippen LogP contribution in [0.4, 0.5) is 9.18 Å². The molecule has 1 fully saturated rings. The highest BCUT2D eigenvalue weighted by Crippen LogP contribution is 2.39. The first-order valence-corrected chi connectivity index (χ1v) is 7.67. The van der Waals surface area contributed by atoms with Gasteiger partial charge in [0.25, 0.3) is 0 Å². The number of carbonyl (C=O) groups excluding carboxylic acids is 2. The van der Waals surface area contributed by atoms with Gasteiger partial charge in [0, 0.05) is 13.0 Å². The molecule has 0 aromatic heterocycles. The Labute approximate surface area is 134 Å². The zero-order chi connectivity index (χ0) is 16.8. The van der Waals surface area contributed by atoms with E-state index < -0.39 is 23.1 Å². The number of benzene rings is 1. The van der Waals surface area contributed by atoms with Crippen LogP contribution in [0.15, 0.2) is 18.2 Å². The summed E-state index contributed by atoms with van der Waals surface area (Å²) in [6.07, 6.45) is 0.285. The number of carbonyl (C=O) groups is 2. The molecular weight excluding hydrogens is 301 g/mol. The number of ketones is 1. The number of halogens is 1. The summed E-state index contributed by atoms with van der Waals surface area (Å²) in [5.41, 5.74) is -1.04. The molecule has 1 saturated heterocycles. The topological polar surface area (TPSA) is 55.8 Å². The summed E-state index contributed by atoms with van der Waals surface area (Å²) >= 11 is 0. The van der Waals surface area contributed by atoms with Crippen molar-refractivity contribution in [1.29, 1.82) is 0 Å². The third-order valence-corrected chi connectivity index (χ3v) is 4.02. The van der Waals surface area contributed by atoms with Crippen LogP contribution in [0.3, 0.4) is 0 Å². The molecule has 0 unspecified atom stereocenters. The van der Waals surface area contributed by atoms with Crippen LogP contribution in [0, 0.1) is 5.82 Å². The molecule has 1 aromatic rings. The summed E-state index contributed by atoms with van der Waals surface area (Å²) in [7, 11) is 0. The molecule has 0 bridgehead atoms. The quantitative estimate of drug-likeness (QED) is 0.736. The van der Waals surface area contributed by atoms with Crippen molar-refractivity contribution >= 4 is 11.9 Å². The summed E-state index contributed by atoms with van der Waals surface area (Å²) in [6.45, 7) is 6.19. The zero-order valence-corrected chi connectivity index (χ0v) is 13.5. The first-order chi connectivity index (χ1) is 10.7. The summed E-state index contributed by atoms with van der Waals surface area (Å²) in [4.78, 5) is 26.1. The maximum absolute atomic E-state index is 13.3. The Morgan fingerprint density at radius 1 is 1.39 bits per heavy atom. The van der Waals surface area contributed by atoms with E-state index in [0.29, 0.717) is 25.3 Å². The molecule has 0 N–H and O–H groups in total. The fraction of sp³-hybridized carbons (Fsp3) is 0.529. The largest absolute Gasteiger partial charge is 0.484 e. The minimum Gasteiger partial charge on any atom is -0.484 e. The highest BCUT2D eigenvalue weighted by molar-refractivity contribution is 6.00. The standard InChI is InChI=1S/C17H20FNO4/c1-16(2,3)23-15(21)19-7-6-17(10-19)9-13(20)12-8-11(18)4-5-14(12)22-17/h4-5,8H,6-7,9-10H2,1-3H3/t17-/m0/s1. The van der Waals surface area contributed by atoms with Gasteiger partial charge in [-0.15, -0.1) is 0 Å². The van der Waals surface area contributed by atoms with Crippen LogP contribution < -0.4 is 4.74 Å². The van der Waals surface area contributed by atoms with E-state index in [0.717, 1.165) is 0 Å². The Morgan fingerprint density at radius 3 is 2.83 bits per heavy atom. The van der Waals surface area contributed by atoms with E-state index in [9.17, 15) is 14.0 Å². The normalized spacial score (nSPS) is 23.7. The number of hydrogen-bond donors (Lipinski definition) is 0. The second kappa shape index (κ2) is 5.22. The Kier molecular flexibility index (Phi) is 3.58. The Hall–Kier alpha value is -2.11. The van der Waals surface area contributed by atoms with Gasteiger partial charge in [-0.1, -0.05) is 0 Å². The number of ether oxygens (including phenoxy) is 2. The van der Waals surface area contributed by atoms with Crippen molar-refractivity contribution < 1.29 is 23.5 Å². The molecule has 2 aliphatic heterocycles. The number of likely N-dealkylation sites (tertiary alicyclic amines) is 1. The summed E-state index contributed by atoms with van der Waals surface area (Å²) < 4.78 is 24.6. The van der Waals surface area contributed by atoms with Crippen LogP contribution in [0.5, 0.6) is 5.75 Å². The van der Waals surface area contributed by atoms with Crippen LogP contribution in [0.25, 0.3) is 0 Å². The van der Waals surface area contributed by atoms with Crippen molar-refractivity contribution in [2.75, 3.05) is 13.1 Å². The molecule has 1 aromatic carbocycles. The van der Waals surface area contributed by atoms with Crippen LogP contribution in [-0.4, -0.2) is 41.1 Å². The molecule has 5 nitrogen and oxygen atoms in total. The van der Waals surface area contributed by atoms with E-state index in [4.69, 9.17) is 9.47 Å². The molecule has 1 atom stereocenters. The highest BCUT2D eigenvalue weighted by Gasteiger charge is 2.47. The fourth-order valence-corrected chi connectivity index (χ4v) is 3.02. The lowest BCUT2D eigenvalue weighted by Crippen LogP contribution is -2.46. The molecule has 3 rings (SSSR count). The first-order valence-electron chi connectivity index (χ1n) is 7.67. The molecule has 23 heavy (non-hydrogen) atoms. The summed E-state index contributed by atoms with van der Waals surface area (Å²) in [5.74, 6) is -0.232. The van der Waals surface area contributed by atoms with Gasteiger partial charge >= 0.3 is 6.09 Å². The number of Topliss-reactive ketones (excluding diaryl/α,β-unsaturated/α-hetero) is 1. The van der Waals surface area contributed by atoms with E-state index in [1.807, 2.05) is 20.8 Å². The minimum atomic E-state index is -0.737. The molecular formula is C17H20FNO4. The summed E-state index contributed by atoms with van der Waals surface area (Å²) in [6, 6.07) is 3.94. The van der Waals surface area contributed by atoms with Crippen LogP contribution in [0.2, 0.25) is 0 Å². The van der Waals surface area contributed by atoms with Crippen molar-refractivity contribution in [3.63, 3.8) is 0 Å². The summed E-state index contributed by atoms with van der Waals surface area (Å²) in [5, 5.41) is 0. The van der Waals surface area contributed by atoms with Gasteiger partial charge in [-0.2, -0.15) is 0 Å². The van der Waals surface area contributed by atoms with Gasteiger partial charge in [0.2, 0.25) is 0 Å². The molecule has 1 spiro atoms. The number of fused-ring (bicyclic) bond motifs is 1. The fourth-order valence-electron chi connectivity index (χ4n) is 3.02. The molecule has 2 heterocycles. The van der Waals surface area contributed by atoms with Gasteiger partial charge < -0.3 is 14.4 Å². The SMILES string of the molecule is CC(C)(C)OC(=O)N1CC[C@]2(CC(=O)c3cc(F)ccc3O2)C1. The van der Waals surface area contributed by atoms with Crippen molar-refractivity contribution in [2.45, 2.75) is 44.8 Å². The number of nitrogens with zero attached hydrogens (tertiary/aromatic N) is 1.